The van der Waals surface area contributed by atoms with Crippen molar-refractivity contribution in [2.24, 2.45) is 5.14 Å². The van der Waals surface area contributed by atoms with E-state index in [1.807, 2.05) is 0 Å². The molecule has 0 amide bonds. The molecule has 0 spiro atoms. The van der Waals surface area contributed by atoms with Crippen LogP contribution in [0.4, 0.5) is 5.69 Å². The van der Waals surface area contributed by atoms with Crippen LogP contribution in [-0.2, 0) is 19.6 Å². The van der Waals surface area contributed by atoms with E-state index in [9.17, 15) is 13.2 Å². The molecule has 0 bridgehead atoms. The van der Waals surface area contributed by atoms with Gasteiger partial charge < -0.3 is 10.1 Å². The predicted molar refractivity (Wildman–Crippen MR) is 67.7 cm³/mol. The van der Waals surface area contributed by atoms with Gasteiger partial charge in [0.2, 0.25) is 10.0 Å². The summed E-state index contributed by atoms with van der Waals surface area (Å²) in [6, 6.07) is 3.85. The van der Waals surface area contributed by atoms with Gasteiger partial charge in [0.25, 0.3) is 0 Å². The number of ether oxygens (including phenoxy) is 1. The quantitative estimate of drug-likeness (QED) is 0.783. The van der Waals surface area contributed by atoms with E-state index in [0.29, 0.717) is 5.69 Å². The zero-order valence-electron chi connectivity index (χ0n) is 10.4. The number of benzene rings is 1. The summed E-state index contributed by atoms with van der Waals surface area (Å²) in [7, 11) is -2.47. The second-order valence-electron chi connectivity index (χ2n) is 3.91. The smallest absolute Gasteiger partial charge is 0.327 e. The summed E-state index contributed by atoms with van der Waals surface area (Å²) in [6.45, 7) is 3.41. The van der Waals surface area contributed by atoms with Crippen molar-refractivity contribution in [3.05, 3.63) is 23.8 Å². The summed E-state index contributed by atoms with van der Waals surface area (Å²) in [4.78, 5) is 11.3. The highest BCUT2D eigenvalue weighted by Gasteiger charge is 2.15. The van der Waals surface area contributed by atoms with Crippen molar-refractivity contribution in [1.82, 2.24) is 0 Å². The van der Waals surface area contributed by atoms with E-state index in [1.165, 1.54) is 19.2 Å². The van der Waals surface area contributed by atoms with Gasteiger partial charge in [0.05, 0.1) is 12.0 Å². The monoisotopic (exact) mass is 272 g/mol. The van der Waals surface area contributed by atoms with Crippen LogP contribution in [0.3, 0.4) is 0 Å². The minimum atomic E-state index is -3.76. The van der Waals surface area contributed by atoms with Crippen LogP contribution >= 0.6 is 0 Å². The molecule has 6 nitrogen and oxygen atoms in total. The Kier molecular flexibility index (Phi) is 4.31. The third-order valence-corrected chi connectivity index (χ3v) is 3.38. The number of sulfonamides is 1. The minimum Gasteiger partial charge on any atom is -0.467 e. The summed E-state index contributed by atoms with van der Waals surface area (Å²) in [6.07, 6.45) is 0. The molecule has 0 heterocycles. The molecule has 1 rings (SSSR count). The van der Waals surface area contributed by atoms with Gasteiger partial charge in [0.15, 0.2) is 0 Å². The molecule has 1 atom stereocenters. The number of aryl methyl sites for hydroxylation is 1. The van der Waals surface area contributed by atoms with Gasteiger partial charge in [-0.1, -0.05) is 6.07 Å². The summed E-state index contributed by atoms with van der Waals surface area (Å²) >= 11 is 0. The molecule has 0 saturated heterocycles. The lowest BCUT2D eigenvalue weighted by Crippen LogP contribution is -2.27. The van der Waals surface area contributed by atoms with Crippen molar-refractivity contribution >= 4 is 21.7 Å². The molecular weight excluding hydrogens is 256 g/mol. The highest BCUT2D eigenvalue weighted by Crippen LogP contribution is 2.20. The van der Waals surface area contributed by atoms with Crippen molar-refractivity contribution in [1.29, 1.82) is 0 Å². The van der Waals surface area contributed by atoms with Crippen molar-refractivity contribution < 1.29 is 17.9 Å². The standard InChI is InChI=1S/C11H16N2O4S/c1-7-4-5-9(18(12,15)16)6-10(7)13-8(2)11(14)17-3/h4-6,8,13H,1-3H3,(H2,12,15,16). The Hall–Kier alpha value is -1.60. The van der Waals surface area contributed by atoms with Crippen LogP contribution in [0.1, 0.15) is 12.5 Å². The van der Waals surface area contributed by atoms with Crippen LogP contribution in [0, 0.1) is 6.92 Å². The summed E-state index contributed by atoms with van der Waals surface area (Å²) in [5, 5.41) is 7.92. The lowest BCUT2D eigenvalue weighted by molar-refractivity contribution is -0.141. The molecule has 1 aromatic carbocycles. The third kappa shape index (κ3) is 3.44. The van der Waals surface area contributed by atoms with Gasteiger partial charge in [0.1, 0.15) is 6.04 Å². The number of hydrogen-bond acceptors (Lipinski definition) is 5. The molecule has 3 N–H and O–H groups in total. The molecule has 7 heteroatoms. The molecule has 18 heavy (non-hydrogen) atoms. The van der Waals surface area contributed by atoms with Crippen molar-refractivity contribution in [3.8, 4) is 0 Å². The number of anilines is 1. The molecule has 0 fully saturated rings. The molecule has 0 radical (unpaired) electrons. The number of rotatable bonds is 4. The van der Waals surface area contributed by atoms with Gasteiger partial charge >= 0.3 is 5.97 Å². The maximum absolute atomic E-state index is 11.3. The van der Waals surface area contributed by atoms with Crippen LogP contribution in [0.15, 0.2) is 23.1 Å². The summed E-state index contributed by atoms with van der Waals surface area (Å²) in [5.41, 5.74) is 1.33. The SMILES string of the molecule is COC(=O)C(C)Nc1cc(S(N)(=O)=O)ccc1C. The Morgan fingerprint density at radius 3 is 2.56 bits per heavy atom. The van der Waals surface area contributed by atoms with Crippen molar-refractivity contribution in [3.63, 3.8) is 0 Å². The molecule has 0 aromatic heterocycles. The normalized spacial score (nSPS) is 12.9. The largest absolute Gasteiger partial charge is 0.467 e. The number of nitrogens with one attached hydrogen (secondary N) is 1. The maximum atomic E-state index is 11.3. The minimum absolute atomic E-state index is 0.00679. The Bertz CT molecular complexity index is 554. The van der Waals surface area contributed by atoms with E-state index in [1.54, 1.807) is 19.9 Å². The topological polar surface area (TPSA) is 98.5 Å². The highest BCUT2D eigenvalue weighted by molar-refractivity contribution is 7.89. The van der Waals surface area contributed by atoms with Gasteiger partial charge in [-0.2, -0.15) is 0 Å². The first-order valence-electron chi connectivity index (χ1n) is 5.23. The van der Waals surface area contributed by atoms with Crippen LogP contribution in [0.25, 0.3) is 0 Å². The average Bonchev–Trinajstić information content (AvgIpc) is 2.29. The van der Waals surface area contributed by atoms with Crippen LogP contribution in [-0.4, -0.2) is 27.5 Å². The summed E-state index contributed by atoms with van der Waals surface area (Å²) in [5.74, 6) is -0.435. The maximum Gasteiger partial charge on any atom is 0.327 e. The third-order valence-electron chi connectivity index (χ3n) is 2.46. The van der Waals surface area contributed by atoms with Gasteiger partial charge in [-0.25, -0.2) is 18.4 Å². The second-order valence-corrected chi connectivity index (χ2v) is 5.47. The van der Waals surface area contributed by atoms with Crippen LogP contribution in [0.5, 0.6) is 0 Å². The number of carbonyl (C=O) groups is 1. The molecule has 0 aliphatic rings. The van der Waals surface area contributed by atoms with Gasteiger partial charge in [-0.3, -0.25) is 0 Å². The summed E-state index contributed by atoms with van der Waals surface area (Å²) < 4.78 is 27.0. The lowest BCUT2D eigenvalue weighted by Gasteiger charge is -2.15. The average molecular weight is 272 g/mol. The Morgan fingerprint density at radius 2 is 2.06 bits per heavy atom. The van der Waals surface area contributed by atoms with E-state index < -0.39 is 22.0 Å². The fraction of sp³-hybridized carbons (Fsp3) is 0.364. The highest BCUT2D eigenvalue weighted by atomic mass is 32.2. The first-order valence-corrected chi connectivity index (χ1v) is 6.78. The molecule has 100 valence electrons. The molecule has 0 aliphatic heterocycles. The van der Waals surface area contributed by atoms with E-state index in [0.717, 1.165) is 5.56 Å². The molecule has 1 aromatic rings. The molecular formula is C11H16N2O4S. The molecule has 0 saturated carbocycles. The van der Waals surface area contributed by atoms with E-state index in [4.69, 9.17) is 5.14 Å². The Morgan fingerprint density at radius 1 is 1.44 bits per heavy atom. The lowest BCUT2D eigenvalue weighted by atomic mass is 10.2. The molecule has 1 unspecified atom stereocenters. The van der Waals surface area contributed by atoms with Crippen LogP contribution in [0.2, 0.25) is 0 Å². The number of hydrogen-bond donors (Lipinski definition) is 2. The number of esters is 1. The number of primary sulfonamides is 1. The second kappa shape index (κ2) is 5.36. The van der Waals surface area contributed by atoms with Crippen LogP contribution < -0.4 is 10.5 Å². The van der Waals surface area contributed by atoms with E-state index >= 15 is 0 Å². The van der Waals surface area contributed by atoms with E-state index in [-0.39, 0.29) is 4.90 Å². The Labute approximate surface area is 106 Å². The molecule has 0 aliphatic carbocycles. The fourth-order valence-electron chi connectivity index (χ4n) is 1.40. The van der Waals surface area contributed by atoms with Crippen molar-refractivity contribution in [2.45, 2.75) is 24.8 Å². The zero-order valence-corrected chi connectivity index (χ0v) is 11.2. The predicted octanol–water partition coefficient (Wildman–Crippen LogP) is 0.616. The van der Waals surface area contributed by atoms with Gasteiger partial charge in [-0.15, -0.1) is 0 Å². The number of carbonyl (C=O) groups excluding carboxylic acids is 1. The fourth-order valence-corrected chi connectivity index (χ4v) is 1.94. The first kappa shape index (κ1) is 14.5. The Balaban J connectivity index is 3.06. The first-order chi connectivity index (χ1) is 8.25. The van der Waals surface area contributed by atoms with Crippen molar-refractivity contribution in [2.75, 3.05) is 12.4 Å². The van der Waals surface area contributed by atoms with E-state index in [2.05, 4.69) is 10.1 Å². The number of nitrogens with two attached hydrogens (primary N) is 1. The van der Waals surface area contributed by atoms with Gasteiger partial charge in [-0.05, 0) is 31.5 Å². The van der Waals surface area contributed by atoms with Gasteiger partial charge in [0, 0.05) is 5.69 Å². The zero-order chi connectivity index (χ0) is 13.9. The number of methoxy groups -OCH3 is 1.